The largest absolute Gasteiger partial charge is 0.383 e. The van der Waals surface area contributed by atoms with Crippen molar-refractivity contribution in [2.75, 3.05) is 0 Å². The molecule has 1 aliphatic carbocycles. The van der Waals surface area contributed by atoms with Crippen molar-refractivity contribution in [2.45, 2.75) is 32.1 Å². The number of aryl methyl sites for hydroxylation is 1. The van der Waals surface area contributed by atoms with Gasteiger partial charge in [0, 0.05) is 29.3 Å². The summed E-state index contributed by atoms with van der Waals surface area (Å²) in [4.78, 5) is 30.5. The molecule has 1 atom stereocenters. The van der Waals surface area contributed by atoms with Crippen molar-refractivity contribution in [1.82, 2.24) is 15.4 Å². The molecule has 2 aromatic rings. The SMILES string of the molecule is Cc1ccsc1C1C(C#N)=C(N)N(NC(=O)c2cccnc2)C2=C1C(=O)CCC2. The van der Waals surface area contributed by atoms with Crippen LogP contribution < -0.4 is 11.2 Å². The number of hydrogen-bond donors (Lipinski definition) is 2. The summed E-state index contributed by atoms with van der Waals surface area (Å²) in [5.74, 6) is -0.760. The smallest absolute Gasteiger partial charge is 0.271 e. The van der Waals surface area contributed by atoms with Crippen molar-refractivity contribution in [1.29, 1.82) is 5.26 Å². The van der Waals surface area contributed by atoms with E-state index in [9.17, 15) is 14.9 Å². The summed E-state index contributed by atoms with van der Waals surface area (Å²) in [6.45, 7) is 1.96. The van der Waals surface area contributed by atoms with Gasteiger partial charge in [0.1, 0.15) is 5.82 Å². The Morgan fingerprint density at radius 2 is 2.24 bits per heavy atom. The molecule has 1 unspecified atom stereocenters. The lowest BCUT2D eigenvalue weighted by Gasteiger charge is -2.39. The fraction of sp³-hybridized carbons (Fsp3) is 0.238. The molecule has 0 spiro atoms. The molecule has 146 valence electrons. The molecular weight excluding hydrogens is 386 g/mol. The molecule has 0 aromatic carbocycles. The van der Waals surface area contributed by atoms with E-state index in [1.165, 1.54) is 22.5 Å². The van der Waals surface area contributed by atoms with Crippen LogP contribution in [0.4, 0.5) is 0 Å². The third-order valence-corrected chi connectivity index (χ3v) is 6.30. The van der Waals surface area contributed by atoms with E-state index < -0.39 is 11.8 Å². The first-order valence-corrected chi connectivity index (χ1v) is 10.1. The second-order valence-electron chi connectivity index (χ2n) is 6.97. The van der Waals surface area contributed by atoms with Gasteiger partial charge in [0.25, 0.3) is 5.91 Å². The van der Waals surface area contributed by atoms with Gasteiger partial charge in [-0.15, -0.1) is 11.3 Å². The van der Waals surface area contributed by atoms with Crippen molar-refractivity contribution in [3.8, 4) is 6.07 Å². The Kier molecular flexibility index (Phi) is 4.91. The van der Waals surface area contributed by atoms with Gasteiger partial charge >= 0.3 is 0 Å². The molecule has 1 amide bonds. The highest BCUT2D eigenvalue weighted by atomic mass is 32.1. The average Bonchev–Trinajstić information content (AvgIpc) is 3.15. The predicted octanol–water partition coefficient (Wildman–Crippen LogP) is 2.90. The Hall–Kier alpha value is -3.44. The van der Waals surface area contributed by atoms with Crippen LogP contribution in [-0.4, -0.2) is 21.7 Å². The molecule has 0 saturated carbocycles. The number of aromatic nitrogens is 1. The number of pyridine rings is 1. The molecule has 0 bridgehead atoms. The molecule has 0 radical (unpaired) electrons. The van der Waals surface area contributed by atoms with Crippen LogP contribution in [0.5, 0.6) is 0 Å². The highest BCUT2D eigenvalue weighted by molar-refractivity contribution is 7.10. The molecule has 0 fully saturated rings. The second-order valence-corrected chi connectivity index (χ2v) is 7.91. The fourth-order valence-electron chi connectivity index (χ4n) is 3.82. The summed E-state index contributed by atoms with van der Waals surface area (Å²) in [6, 6.07) is 7.45. The third kappa shape index (κ3) is 3.19. The Morgan fingerprint density at radius 1 is 1.41 bits per heavy atom. The van der Waals surface area contributed by atoms with E-state index in [2.05, 4.69) is 16.5 Å². The van der Waals surface area contributed by atoms with Crippen LogP contribution in [0, 0.1) is 18.3 Å². The number of amides is 1. The normalized spacial score (nSPS) is 19.1. The minimum atomic E-state index is -0.491. The number of rotatable bonds is 3. The van der Waals surface area contributed by atoms with Crippen molar-refractivity contribution >= 4 is 23.0 Å². The number of Topliss-reactive ketones (excluding diaryl/α,β-unsaturated/α-hetero) is 1. The molecule has 3 N–H and O–H groups in total. The highest BCUT2D eigenvalue weighted by Gasteiger charge is 2.41. The highest BCUT2D eigenvalue weighted by Crippen LogP contribution is 2.46. The number of hydrogen-bond acceptors (Lipinski definition) is 7. The molecule has 2 aromatic heterocycles. The minimum absolute atomic E-state index is 0.00933. The molecule has 4 rings (SSSR count). The number of ketones is 1. The fourth-order valence-corrected chi connectivity index (χ4v) is 4.86. The van der Waals surface area contributed by atoms with E-state index in [1.807, 2.05) is 18.4 Å². The van der Waals surface area contributed by atoms with Gasteiger partial charge in [-0.25, -0.2) is 5.01 Å². The van der Waals surface area contributed by atoms with Gasteiger partial charge in [-0.05, 0) is 48.9 Å². The maximum atomic E-state index is 12.9. The van der Waals surface area contributed by atoms with E-state index >= 15 is 0 Å². The number of nitriles is 1. The lowest BCUT2D eigenvalue weighted by molar-refractivity contribution is -0.116. The number of nitrogens with two attached hydrogens (primary N) is 1. The van der Waals surface area contributed by atoms with E-state index in [4.69, 9.17) is 5.73 Å². The van der Waals surface area contributed by atoms with Crippen LogP contribution in [0.15, 0.2) is 58.6 Å². The van der Waals surface area contributed by atoms with E-state index in [1.54, 1.807) is 18.3 Å². The average molecular weight is 405 g/mol. The van der Waals surface area contributed by atoms with Crippen LogP contribution in [0.1, 0.15) is 46.0 Å². The number of allylic oxidation sites excluding steroid dienone is 3. The summed E-state index contributed by atoms with van der Waals surface area (Å²) in [6.07, 6.45) is 4.71. The molecular formula is C21H19N5O2S. The van der Waals surface area contributed by atoms with Crippen molar-refractivity contribution < 1.29 is 9.59 Å². The Balaban J connectivity index is 1.83. The van der Waals surface area contributed by atoms with Crippen LogP contribution in [0.25, 0.3) is 0 Å². The maximum absolute atomic E-state index is 12.9. The maximum Gasteiger partial charge on any atom is 0.271 e. The Bertz CT molecular complexity index is 1090. The lowest BCUT2D eigenvalue weighted by Crippen LogP contribution is -2.48. The van der Waals surface area contributed by atoms with Gasteiger partial charge in [-0.2, -0.15) is 5.26 Å². The molecule has 3 heterocycles. The van der Waals surface area contributed by atoms with Crippen LogP contribution >= 0.6 is 11.3 Å². The number of hydrazine groups is 1. The van der Waals surface area contributed by atoms with E-state index in [-0.39, 0.29) is 17.2 Å². The zero-order chi connectivity index (χ0) is 20.5. The quantitative estimate of drug-likeness (QED) is 0.812. The molecule has 7 nitrogen and oxygen atoms in total. The minimum Gasteiger partial charge on any atom is -0.383 e. The van der Waals surface area contributed by atoms with Gasteiger partial charge in [-0.1, -0.05) is 0 Å². The number of carbonyl (C=O) groups excluding carboxylic acids is 2. The van der Waals surface area contributed by atoms with Crippen LogP contribution in [-0.2, 0) is 4.79 Å². The number of carbonyl (C=O) groups is 2. The molecule has 1 aliphatic heterocycles. The van der Waals surface area contributed by atoms with Crippen molar-refractivity contribution in [2.24, 2.45) is 5.73 Å². The van der Waals surface area contributed by atoms with Gasteiger partial charge < -0.3 is 5.73 Å². The summed E-state index contributed by atoms with van der Waals surface area (Å²) < 4.78 is 0. The Morgan fingerprint density at radius 3 is 2.90 bits per heavy atom. The zero-order valence-corrected chi connectivity index (χ0v) is 16.6. The molecule has 2 aliphatic rings. The van der Waals surface area contributed by atoms with Gasteiger partial charge in [0.2, 0.25) is 0 Å². The Labute approximate surface area is 172 Å². The molecule has 0 saturated heterocycles. The van der Waals surface area contributed by atoms with Gasteiger partial charge in [0.05, 0.1) is 28.8 Å². The van der Waals surface area contributed by atoms with E-state index in [0.29, 0.717) is 36.1 Å². The van der Waals surface area contributed by atoms with Crippen LogP contribution in [0.3, 0.4) is 0 Å². The monoisotopic (exact) mass is 405 g/mol. The second kappa shape index (κ2) is 7.53. The first kappa shape index (κ1) is 18.9. The number of nitrogens with one attached hydrogen (secondary N) is 1. The lowest BCUT2D eigenvalue weighted by atomic mass is 9.78. The van der Waals surface area contributed by atoms with Crippen molar-refractivity contribution in [3.63, 3.8) is 0 Å². The molecule has 8 heteroatoms. The van der Waals surface area contributed by atoms with Gasteiger partial charge in [0.15, 0.2) is 5.78 Å². The third-order valence-electron chi connectivity index (χ3n) is 5.21. The summed E-state index contributed by atoms with van der Waals surface area (Å²) in [5.41, 5.74) is 12.0. The van der Waals surface area contributed by atoms with Crippen LogP contribution in [0.2, 0.25) is 0 Å². The first-order valence-electron chi connectivity index (χ1n) is 9.24. The molecule has 29 heavy (non-hydrogen) atoms. The topological polar surface area (TPSA) is 112 Å². The summed E-state index contributed by atoms with van der Waals surface area (Å²) in [7, 11) is 0. The first-order chi connectivity index (χ1) is 14.0. The summed E-state index contributed by atoms with van der Waals surface area (Å²) in [5, 5.41) is 13.3. The standard InChI is InChI=1S/C21H19N5O2S/c1-12-7-9-29-19(12)17-14(10-22)20(23)26(15-5-2-6-16(27)18(15)17)25-21(28)13-4-3-8-24-11-13/h3-4,7-9,11,17H,2,5-6,23H2,1H3,(H,25,28). The van der Waals surface area contributed by atoms with Crippen molar-refractivity contribution in [3.05, 3.63) is 74.6 Å². The number of nitrogens with zero attached hydrogens (tertiary/aromatic N) is 3. The summed E-state index contributed by atoms with van der Waals surface area (Å²) >= 11 is 1.51. The van der Waals surface area contributed by atoms with Gasteiger partial charge in [-0.3, -0.25) is 20.0 Å². The predicted molar refractivity (Wildman–Crippen MR) is 108 cm³/mol. The zero-order valence-electron chi connectivity index (χ0n) is 15.8. The van der Waals surface area contributed by atoms with E-state index in [0.717, 1.165) is 10.4 Å². The number of thiophene rings is 1.